The molecule has 3 heteroatoms. The van der Waals surface area contributed by atoms with Crippen LogP contribution in [-0.4, -0.2) is 30.0 Å². The molecule has 1 aromatic carbocycles. The van der Waals surface area contributed by atoms with E-state index in [1.807, 2.05) is 0 Å². The second-order valence-corrected chi connectivity index (χ2v) is 8.13. The molecule has 0 amide bonds. The summed E-state index contributed by atoms with van der Waals surface area (Å²) in [5.74, 6) is 0. The Balaban J connectivity index is 2.73. The first-order valence-corrected chi connectivity index (χ1v) is 8.61. The SMILES string of the molecule is C[SH](C)N(CCF)Cc1ccc(C(C)(C)C)cc1. The number of thiol groups is 1. The van der Waals surface area contributed by atoms with Crippen LogP contribution in [0.3, 0.4) is 0 Å². The van der Waals surface area contributed by atoms with Crippen molar-refractivity contribution < 1.29 is 4.39 Å². The van der Waals surface area contributed by atoms with E-state index in [0.29, 0.717) is 6.54 Å². The predicted octanol–water partition coefficient (Wildman–Crippen LogP) is 3.93. The van der Waals surface area contributed by atoms with Gasteiger partial charge in [-0.3, -0.25) is 4.31 Å². The van der Waals surface area contributed by atoms with Crippen molar-refractivity contribution in [2.45, 2.75) is 32.7 Å². The van der Waals surface area contributed by atoms with E-state index in [4.69, 9.17) is 0 Å². The highest BCUT2D eigenvalue weighted by molar-refractivity contribution is 8.13. The topological polar surface area (TPSA) is 3.24 Å². The zero-order valence-corrected chi connectivity index (χ0v) is 13.1. The van der Waals surface area contributed by atoms with Crippen LogP contribution in [0.4, 0.5) is 4.39 Å². The largest absolute Gasteiger partial charge is 0.264 e. The number of halogens is 1. The fourth-order valence-electron chi connectivity index (χ4n) is 1.84. The molecule has 1 nitrogen and oxygen atoms in total. The zero-order valence-electron chi connectivity index (χ0n) is 12.2. The van der Waals surface area contributed by atoms with Crippen LogP contribution in [-0.2, 0) is 12.0 Å². The maximum atomic E-state index is 12.5. The van der Waals surface area contributed by atoms with Gasteiger partial charge in [-0.05, 0) is 29.1 Å². The number of hydrogen-bond donors (Lipinski definition) is 1. The highest BCUT2D eigenvalue weighted by atomic mass is 32.2. The first-order chi connectivity index (χ1) is 8.34. The molecule has 0 N–H and O–H groups in total. The Morgan fingerprint density at radius 2 is 1.67 bits per heavy atom. The second kappa shape index (κ2) is 6.58. The Bertz CT molecular complexity index is 354. The van der Waals surface area contributed by atoms with Crippen LogP contribution >= 0.6 is 11.1 Å². The van der Waals surface area contributed by atoms with Crippen LogP contribution < -0.4 is 0 Å². The Morgan fingerprint density at radius 1 is 1.11 bits per heavy atom. The van der Waals surface area contributed by atoms with Gasteiger partial charge in [-0.15, -0.1) is 0 Å². The third kappa shape index (κ3) is 4.62. The minimum atomic E-state index is -0.263. The summed E-state index contributed by atoms with van der Waals surface area (Å²) >= 11 is -0.230. The van der Waals surface area contributed by atoms with Crippen LogP contribution in [0.2, 0.25) is 0 Å². The third-order valence-electron chi connectivity index (χ3n) is 3.09. The third-order valence-corrected chi connectivity index (χ3v) is 4.57. The summed E-state index contributed by atoms with van der Waals surface area (Å²) in [6, 6.07) is 8.72. The molecule has 0 fully saturated rings. The lowest BCUT2D eigenvalue weighted by atomic mass is 9.87. The van der Waals surface area contributed by atoms with Gasteiger partial charge in [0.25, 0.3) is 0 Å². The predicted molar refractivity (Wildman–Crippen MR) is 82.4 cm³/mol. The van der Waals surface area contributed by atoms with Crippen LogP contribution in [0, 0.1) is 0 Å². The summed E-state index contributed by atoms with van der Waals surface area (Å²) in [4.78, 5) is 0. The molecule has 0 saturated carbocycles. The van der Waals surface area contributed by atoms with Crippen molar-refractivity contribution in [1.29, 1.82) is 0 Å². The molecule has 0 saturated heterocycles. The minimum Gasteiger partial charge on any atom is -0.264 e. The molecule has 0 radical (unpaired) electrons. The molecule has 0 aliphatic heterocycles. The van der Waals surface area contributed by atoms with Crippen molar-refractivity contribution in [2.24, 2.45) is 0 Å². The number of hydrogen-bond acceptors (Lipinski definition) is 1. The van der Waals surface area contributed by atoms with E-state index in [9.17, 15) is 4.39 Å². The fourth-order valence-corrected chi connectivity index (χ4v) is 2.76. The van der Waals surface area contributed by atoms with Crippen LogP contribution in [0.1, 0.15) is 31.9 Å². The molecule has 0 spiro atoms. The Kier molecular flexibility index (Phi) is 5.67. The van der Waals surface area contributed by atoms with Crippen molar-refractivity contribution in [3.63, 3.8) is 0 Å². The molecule has 1 rings (SSSR count). The Labute approximate surface area is 114 Å². The highest BCUT2D eigenvalue weighted by Crippen LogP contribution is 2.26. The van der Waals surface area contributed by atoms with E-state index in [2.05, 4.69) is 61.9 Å². The van der Waals surface area contributed by atoms with Crippen molar-refractivity contribution in [3.05, 3.63) is 35.4 Å². The first kappa shape index (κ1) is 15.5. The maximum absolute atomic E-state index is 12.5. The normalized spacial score (nSPS) is 12.9. The molecule has 0 heterocycles. The molecule has 0 atom stereocenters. The average Bonchev–Trinajstić information content (AvgIpc) is 2.28. The molecular formula is C15H26FNS. The molecule has 18 heavy (non-hydrogen) atoms. The first-order valence-electron chi connectivity index (χ1n) is 6.42. The van der Waals surface area contributed by atoms with E-state index < -0.39 is 0 Å². The summed E-state index contributed by atoms with van der Waals surface area (Å²) in [6.45, 7) is 7.78. The van der Waals surface area contributed by atoms with Gasteiger partial charge in [0.15, 0.2) is 0 Å². The van der Waals surface area contributed by atoms with Gasteiger partial charge >= 0.3 is 0 Å². The van der Waals surface area contributed by atoms with Gasteiger partial charge in [0.1, 0.15) is 6.67 Å². The summed E-state index contributed by atoms with van der Waals surface area (Å²) in [5.41, 5.74) is 2.81. The summed E-state index contributed by atoms with van der Waals surface area (Å²) < 4.78 is 14.7. The van der Waals surface area contributed by atoms with Crippen molar-refractivity contribution in [2.75, 3.05) is 25.7 Å². The minimum absolute atomic E-state index is 0.194. The van der Waals surface area contributed by atoms with Crippen LogP contribution in [0.5, 0.6) is 0 Å². The fraction of sp³-hybridized carbons (Fsp3) is 0.600. The zero-order chi connectivity index (χ0) is 13.8. The van der Waals surface area contributed by atoms with Crippen LogP contribution in [0.15, 0.2) is 24.3 Å². The smallest absolute Gasteiger partial charge is 0.103 e. The summed E-state index contributed by atoms with van der Waals surface area (Å²) in [6.07, 6.45) is 4.35. The van der Waals surface area contributed by atoms with Gasteiger partial charge < -0.3 is 0 Å². The van der Waals surface area contributed by atoms with E-state index >= 15 is 0 Å². The van der Waals surface area contributed by atoms with Gasteiger partial charge in [0.05, 0.1) is 0 Å². The van der Waals surface area contributed by atoms with E-state index in [1.165, 1.54) is 11.1 Å². The molecule has 0 aromatic heterocycles. The number of alkyl halides is 1. The van der Waals surface area contributed by atoms with Gasteiger partial charge in [-0.1, -0.05) is 45.0 Å². The molecule has 1 aromatic rings. The number of nitrogens with zero attached hydrogens (tertiary/aromatic N) is 1. The summed E-state index contributed by atoms with van der Waals surface area (Å²) in [7, 11) is 0. The average molecular weight is 271 g/mol. The maximum Gasteiger partial charge on any atom is 0.103 e. The van der Waals surface area contributed by atoms with E-state index in [0.717, 1.165) is 6.54 Å². The number of benzene rings is 1. The van der Waals surface area contributed by atoms with Gasteiger partial charge in [-0.2, -0.15) is 0 Å². The second-order valence-electron chi connectivity index (χ2n) is 5.87. The standard InChI is InChI=1S/C15H26FNS/c1-15(2,3)14-8-6-13(7-9-14)12-17(11-10-16)18(4)5/h6-9,18H,10-12H2,1-5H3. The molecular weight excluding hydrogens is 245 g/mol. The monoisotopic (exact) mass is 271 g/mol. The number of rotatable bonds is 5. The molecule has 0 bridgehead atoms. The quantitative estimate of drug-likeness (QED) is 0.794. The lowest BCUT2D eigenvalue weighted by molar-refractivity contribution is 0.379. The molecule has 0 aliphatic carbocycles. The van der Waals surface area contributed by atoms with Crippen LogP contribution in [0.25, 0.3) is 0 Å². The Hall–Kier alpha value is -0.540. The molecule has 0 aliphatic rings. The van der Waals surface area contributed by atoms with Crippen molar-refractivity contribution in [3.8, 4) is 0 Å². The van der Waals surface area contributed by atoms with Gasteiger partial charge in [-0.25, -0.2) is 15.5 Å². The van der Waals surface area contributed by atoms with Crippen molar-refractivity contribution in [1.82, 2.24) is 4.31 Å². The molecule has 104 valence electrons. The van der Waals surface area contributed by atoms with E-state index in [-0.39, 0.29) is 23.2 Å². The Morgan fingerprint density at radius 3 is 2.06 bits per heavy atom. The highest BCUT2D eigenvalue weighted by Gasteiger charge is 2.13. The van der Waals surface area contributed by atoms with E-state index in [1.54, 1.807) is 0 Å². The lowest BCUT2D eigenvalue weighted by Crippen LogP contribution is -2.21. The van der Waals surface area contributed by atoms with Crippen molar-refractivity contribution >= 4 is 11.1 Å². The molecule has 0 unspecified atom stereocenters. The lowest BCUT2D eigenvalue weighted by Gasteiger charge is -2.28. The summed E-state index contributed by atoms with van der Waals surface area (Å²) in [5, 5.41) is 0. The van der Waals surface area contributed by atoms with Gasteiger partial charge in [0, 0.05) is 13.1 Å². The van der Waals surface area contributed by atoms with Gasteiger partial charge in [0.2, 0.25) is 0 Å².